The number of amides is 1. The molecule has 110 valence electrons. The summed E-state index contributed by atoms with van der Waals surface area (Å²) in [6.07, 6.45) is 0.624. The molecule has 0 aromatic heterocycles. The fourth-order valence-electron chi connectivity index (χ4n) is 2.25. The lowest BCUT2D eigenvalue weighted by Gasteiger charge is -2.23. The number of hydrogen-bond donors (Lipinski definition) is 2. The molecule has 0 saturated carbocycles. The average Bonchev–Trinajstić information content (AvgIpc) is 2.53. The number of rotatable bonds is 5. The van der Waals surface area contributed by atoms with Crippen molar-refractivity contribution in [3.63, 3.8) is 0 Å². The van der Waals surface area contributed by atoms with Crippen LogP contribution in [-0.4, -0.2) is 24.6 Å². The fraction of sp³-hybridized carbons (Fsp3) is 0.235. The molecule has 0 saturated heterocycles. The van der Waals surface area contributed by atoms with E-state index < -0.39 is 0 Å². The Morgan fingerprint density at radius 1 is 1.14 bits per heavy atom. The van der Waals surface area contributed by atoms with Gasteiger partial charge in [0.1, 0.15) is 5.75 Å². The van der Waals surface area contributed by atoms with E-state index in [2.05, 4.69) is 0 Å². The number of carbonyl (C=O) groups is 1. The maximum Gasteiger partial charge on any atom is 0.231 e. The van der Waals surface area contributed by atoms with Gasteiger partial charge in [-0.25, -0.2) is 0 Å². The Morgan fingerprint density at radius 3 is 2.33 bits per heavy atom. The van der Waals surface area contributed by atoms with Crippen LogP contribution >= 0.6 is 0 Å². The Labute approximate surface area is 124 Å². The summed E-state index contributed by atoms with van der Waals surface area (Å²) in [4.78, 5) is 14.1. The molecule has 0 aliphatic rings. The molecule has 1 atom stereocenters. The van der Waals surface area contributed by atoms with Crippen molar-refractivity contribution in [1.29, 1.82) is 0 Å². The molecule has 4 nitrogen and oxygen atoms in total. The molecule has 1 unspecified atom stereocenters. The van der Waals surface area contributed by atoms with E-state index in [4.69, 9.17) is 5.73 Å². The minimum atomic E-state index is -0.258. The van der Waals surface area contributed by atoms with E-state index in [1.54, 1.807) is 36.2 Å². The van der Waals surface area contributed by atoms with Crippen LogP contribution in [0.4, 0.5) is 5.69 Å². The molecule has 0 spiro atoms. The lowest BCUT2D eigenvalue weighted by atomic mass is 9.98. The van der Waals surface area contributed by atoms with Crippen LogP contribution in [0.3, 0.4) is 0 Å². The predicted molar refractivity (Wildman–Crippen MR) is 84.2 cm³/mol. The number of carbonyl (C=O) groups excluding carboxylic acids is 1. The molecular weight excluding hydrogens is 264 g/mol. The van der Waals surface area contributed by atoms with Crippen LogP contribution in [0.2, 0.25) is 0 Å². The first-order valence-electron chi connectivity index (χ1n) is 6.92. The van der Waals surface area contributed by atoms with Gasteiger partial charge in [0.05, 0.1) is 5.92 Å². The monoisotopic (exact) mass is 284 g/mol. The summed E-state index contributed by atoms with van der Waals surface area (Å²) < 4.78 is 0. The molecule has 0 fully saturated rings. The first-order valence-corrected chi connectivity index (χ1v) is 6.92. The Bertz CT molecular complexity index is 581. The number of phenolic OH excluding ortho intramolecular Hbond substituents is 1. The molecule has 21 heavy (non-hydrogen) atoms. The fourth-order valence-corrected chi connectivity index (χ4v) is 2.25. The number of hydrogen-bond acceptors (Lipinski definition) is 3. The van der Waals surface area contributed by atoms with Gasteiger partial charge in [-0.2, -0.15) is 0 Å². The molecule has 1 amide bonds. The van der Waals surface area contributed by atoms with Crippen molar-refractivity contribution < 1.29 is 9.90 Å². The second-order valence-corrected chi connectivity index (χ2v) is 5.04. The summed E-state index contributed by atoms with van der Waals surface area (Å²) >= 11 is 0. The van der Waals surface area contributed by atoms with Gasteiger partial charge in [-0.15, -0.1) is 0 Å². The minimum Gasteiger partial charge on any atom is -0.508 e. The highest BCUT2D eigenvalue weighted by Crippen LogP contribution is 2.20. The zero-order valence-electron chi connectivity index (χ0n) is 12.1. The molecule has 2 rings (SSSR count). The third-order valence-corrected chi connectivity index (χ3v) is 3.53. The van der Waals surface area contributed by atoms with Crippen LogP contribution in [0.15, 0.2) is 54.6 Å². The number of nitrogens with two attached hydrogens (primary N) is 1. The number of phenols is 1. The molecule has 3 N–H and O–H groups in total. The van der Waals surface area contributed by atoms with Crippen LogP contribution in [-0.2, 0) is 11.2 Å². The van der Waals surface area contributed by atoms with E-state index in [-0.39, 0.29) is 17.6 Å². The van der Waals surface area contributed by atoms with Gasteiger partial charge in [0.2, 0.25) is 5.91 Å². The van der Waals surface area contributed by atoms with E-state index in [0.29, 0.717) is 13.0 Å². The quantitative estimate of drug-likeness (QED) is 0.884. The first kappa shape index (κ1) is 15.1. The van der Waals surface area contributed by atoms with E-state index in [1.165, 1.54) is 0 Å². The standard InChI is InChI=1S/C17H20N2O2/c1-19(15-7-9-16(20)10-8-15)17(21)14(12-18)11-13-5-3-2-4-6-13/h2-10,14,20H,11-12,18H2,1H3. The lowest BCUT2D eigenvalue weighted by molar-refractivity contribution is -0.121. The Morgan fingerprint density at radius 2 is 1.76 bits per heavy atom. The molecule has 2 aromatic rings. The van der Waals surface area contributed by atoms with Crippen molar-refractivity contribution in [2.24, 2.45) is 11.7 Å². The van der Waals surface area contributed by atoms with Crippen molar-refractivity contribution >= 4 is 11.6 Å². The van der Waals surface area contributed by atoms with E-state index in [9.17, 15) is 9.90 Å². The largest absolute Gasteiger partial charge is 0.508 e. The van der Waals surface area contributed by atoms with Gasteiger partial charge in [0, 0.05) is 19.3 Å². The summed E-state index contributed by atoms with van der Waals surface area (Å²) in [5.74, 6) is -0.0995. The number of anilines is 1. The first-order chi connectivity index (χ1) is 10.1. The maximum absolute atomic E-state index is 12.5. The van der Waals surface area contributed by atoms with Crippen LogP contribution in [0.5, 0.6) is 5.75 Å². The summed E-state index contributed by atoms with van der Waals surface area (Å²) in [5.41, 5.74) is 7.61. The molecule has 0 bridgehead atoms. The second kappa shape index (κ2) is 6.90. The molecule has 0 aliphatic carbocycles. The number of nitrogens with zero attached hydrogens (tertiary/aromatic N) is 1. The van der Waals surface area contributed by atoms with Gasteiger partial charge in [-0.3, -0.25) is 4.79 Å². The number of aromatic hydroxyl groups is 1. The van der Waals surface area contributed by atoms with Gasteiger partial charge < -0.3 is 15.7 Å². The predicted octanol–water partition coefficient (Wildman–Crippen LogP) is 2.17. The van der Waals surface area contributed by atoms with Crippen LogP contribution in [0.25, 0.3) is 0 Å². The third kappa shape index (κ3) is 3.83. The summed E-state index contributed by atoms with van der Waals surface area (Å²) in [6.45, 7) is 0.302. The Hall–Kier alpha value is -2.33. The average molecular weight is 284 g/mol. The minimum absolute atomic E-state index is 0.0213. The van der Waals surface area contributed by atoms with E-state index in [1.807, 2.05) is 30.3 Å². The Balaban J connectivity index is 2.10. The number of benzene rings is 2. The van der Waals surface area contributed by atoms with Crippen molar-refractivity contribution in [2.75, 3.05) is 18.5 Å². The second-order valence-electron chi connectivity index (χ2n) is 5.04. The normalized spacial score (nSPS) is 11.9. The topological polar surface area (TPSA) is 66.6 Å². The summed E-state index contributed by atoms with van der Waals surface area (Å²) in [5, 5.41) is 9.30. The molecule has 0 radical (unpaired) electrons. The highest BCUT2D eigenvalue weighted by atomic mass is 16.3. The summed E-state index contributed by atoms with van der Waals surface area (Å²) in [6, 6.07) is 16.4. The van der Waals surface area contributed by atoms with Gasteiger partial charge in [-0.05, 0) is 36.2 Å². The molecule has 4 heteroatoms. The van der Waals surface area contributed by atoms with Gasteiger partial charge in [0.25, 0.3) is 0 Å². The summed E-state index contributed by atoms with van der Waals surface area (Å²) in [7, 11) is 1.72. The molecular formula is C17H20N2O2. The van der Waals surface area contributed by atoms with Crippen molar-refractivity contribution in [1.82, 2.24) is 0 Å². The zero-order chi connectivity index (χ0) is 15.2. The van der Waals surface area contributed by atoms with E-state index in [0.717, 1.165) is 11.3 Å². The lowest BCUT2D eigenvalue weighted by Crippen LogP contribution is -2.37. The van der Waals surface area contributed by atoms with Gasteiger partial charge in [0.15, 0.2) is 0 Å². The molecule has 0 heterocycles. The third-order valence-electron chi connectivity index (χ3n) is 3.53. The van der Waals surface area contributed by atoms with E-state index >= 15 is 0 Å². The van der Waals surface area contributed by atoms with Crippen LogP contribution in [0.1, 0.15) is 5.56 Å². The highest BCUT2D eigenvalue weighted by molar-refractivity contribution is 5.94. The van der Waals surface area contributed by atoms with Crippen LogP contribution < -0.4 is 10.6 Å². The van der Waals surface area contributed by atoms with Crippen molar-refractivity contribution in [3.8, 4) is 5.75 Å². The zero-order valence-corrected chi connectivity index (χ0v) is 12.1. The highest BCUT2D eigenvalue weighted by Gasteiger charge is 2.22. The SMILES string of the molecule is CN(C(=O)C(CN)Cc1ccccc1)c1ccc(O)cc1. The molecule has 0 aliphatic heterocycles. The smallest absolute Gasteiger partial charge is 0.231 e. The van der Waals surface area contributed by atoms with Crippen molar-refractivity contribution in [3.05, 3.63) is 60.2 Å². The maximum atomic E-state index is 12.5. The van der Waals surface area contributed by atoms with Crippen LogP contribution in [0, 0.1) is 5.92 Å². The van der Waals surface area contributed by atoms with Crippen molar-refractivity contribution in [2.45, 2.75) is 6.42 Å². The van der Waals surface area contributed by atoms with Gasteiger partial charge in [-0.1, -0.05) is 30.3 Å². The Kier molecular flexibility index (Phi) is 4.95. The molecule has 2 aromatic carbocycles. The van der Waals surface area contributed by atoms with Gasteiger partial charge >= 0.3 is 0 Å².